The molecule has 1 N–H and O–H groups in total. The Balaban J connectivity index is 2.11. The van der Waals surface area contributed by atoms with Crippen LogP contribution in [0.5, 0.6) is 0 Å². The van der Waals surface area contributed by atoms with Crippen LogP contribution in [0.3, 0.4) is 0 Å². The van der Waals surface area contributed by atoms with Crippen LogP contribution in [0.25, 0.3) is 0 Å². The van der Waals surface area contributed by atoms with Crippen LogP contribution in [-0.2, 0) is 11.2 Å². The number of benzene rings is 1. The molecule has 2 rings (SSSR count). The van der Waals surface area contributed by atoms with Crippen LogP contribution in [0, 0.1) is 11.2 Å². The van der Waals surface area contributed by atoms with E-state index >= 15 is 0 Å². The second-order valence-electron chi connectivity index (χ2n) is 5.79. The van der Waals surface area contributed by atoms with Gasteiger partial charge in [0.2, 0.25) is 0 Å². The molecule has 1 aliphatic heterocycles. The zero-order valence-corrected chi connectivity index (χ0v) is 13.1. The number of ether oxygens (including phenoxy) is 1. The highest BCUT2D eigenvalue weighted by molar-refractivity contribution is 9.10. The van der Waals surface area contributed by atoms with Gasteiger partial charge in [-0.15, -0.1) is 0 Å². The van der Waals surface area contributed by atoms with Gasteiger partial charge in [-0.2, -0.15) is 0 Å². The summed E-state index contributed by atoms with van der Waals surface area (Å²) < 4.78 is 19.8. The van der Waals surface area contributed by atoms with Gasteiger partial charge in [0.25, 0.3) is 0 Å². The molecule has 0 bridgehead atoms. The maximum absolute atomic E-state index is 13.5. The molecule has 106 valence electrons. The van der Waals surface area contributed by atoms with Crippen molar-refractivity contribution in [3.05, 3.63) is 34.1 Å². The minimum Gasteiger partial charge on any atom is -0.381 e. The maximum atomic E-state index is 13.5. The van der Waals surface area contributed by atoms with Crippen LogP contribution in [0.15, 0.2) is 22.7 Å². The van der Waals surface area contributed by atoms with E-state index in [0.717, 1.165) is 42.6 Å². The van der Waals surface area contributed by atoms with Crippen molar-refractivity contribution >= 4 is 15.9 Å². The summed E-state index contributed by atoms with van der Waals surface area (Å²) in [5, 5.41) is 3.49. The molecule has 0 spiro atoms. The zero-order chi connectivity index (χ0) is 13.9. The van der Waals surface area contributed by atoms with E-state index in [-0.39, 0.29) is 11.2 Å². The minimum atomic E-state index is -0.185. The minimum absolute atomic E-state index is 0.0947. The third kappa shape index (κ3) is 4.26. The molecule has 1 fully saturated rings. The number of halogens is 2. The van der Waals surface area contributed by atoms with E-state index in [4.69, 9.17) is 4.74 Å². The summed E-state index contributed by atoms with van der Waals surface area (Å²) in [5.41, 5.74) is 1.13. The summed E-state index contributed by atoms with van der Waals surface area (Å²) >= 11 is 3.36. The molecule has 0 amide bonds. The first-order valence-electron chi connectivity index (χ1n) is 6.75. The van der Waals surface area contributed by atoms with Crippen molar-refractivity contribution < 1.29 is 9.13 Å². The average Bonchev–Trinajstić information content (AvgIpc) is 2.74. The summed E-state index contributed by atoms with van der Waals surface area (Å²) in [5.74, 6) is -0.185. The number of rotatable bonds is 5. The Morgan fingerprint density at radius 1 is 1.42 bits per heavy atom. The second kappa shape index (κ2) is 6.33. The van der Waals surface area contributed by atoms with Crippen molar-refractivity contribution in [2.24, 2.45) is 5.41 Å². The molecule has 2 nitrogen and oxygen atoms in total. The second-order valence-corrected chi connectivity index (χ2v) is 6.71. The number of nitrogens with one attached hydrogen (secondary N) is 1. The fourth-order valence-electron chi connectivity index (χ4n) is 2.56. The first-order valence-corrected chi connectivity index (χ1v) is 7.55. The highest BCUT2D eigenvalue weighted by Gasteiger charge is 2.35. The molecule has 0 radical (unpaired) electrons. The predicted molar refractivity (Wildman–Crippen MR) is 78.8 cm³/mol. The third-order valence-corrected chi connectivity index (χ3v) is 4.03. The van der Waals surface area contributed by atoms with Gasteiger partial charge in [0.05, 0.1) is 6.61 Å². The molecule has 1 aliphatic rings. The fourth-order valence-corrected chi connectivity index (χ4v) is 3.07. The standard InChI is InChI=1S/C15H21BrFNO/c1-11(2)18-9-15(3-4-19-10-15)8-12-5-13(16)7-14(17)6-12/h5-7,11,18H,3-4,8-10H2,1-2H3. The topological polar surface area (TPSA) is 21.3 Å². The van der Waals surface area contributed by atoms with Crippen LogP contribution in [0.1, 0.15) is 25.8 Å². The van der Waals surface area contributed by atoms with E-state index < -0.39 is 0 Å². The van der Waals surface area contributed by atoms with Crippen molar-refractivity contribution in [2.75, 3.05) is 19.8 Å². The van der Waals surface area contributed by atoms with Crippen molar-refractivity contribution in [2.45, 2.75) is 32.7 Å². The quantitative estimate of drug-likeness (QED) is 0.892. The third-order valence-electron chi connectivity index (χ3n) is 3.57. The highest BCUT2D eigenvalue weighted by atomic mass is 79.9. The van der Waals surface area contributed by atoms with Gasteiger partial charge >= 0.3 is 0 Å². The lowest BCUT2D eigenvalue weighted by Gasteiger charge is -2.29. The summed E-state index contributed by atoms with van der Waals surface area (Å²) in [6.07, 6.45) is 1.88. The summed E-state index contributed by atoms with van der Waals surface area (Å²) in [6.45, 7) is 6.75. The van der Waals surface area contributed by atoms with Crippen LogP contribution in [0.2, 0.25) is 0 Å². The molecule has 1 heterocycles. The monoisotopic (exact) mass is 329 g/mol. The molecule has 1 atom stereocenters. The molecule has 1 unspecified atom stereocenters. The van der Waals surface area contributed by atoms with Gasteiger partial charge in [-0.3, -0.25) is 0 Å². The molecule has 1 aromatic carbocycles. The fraction of sp³-hybridized carbons (Fsp3) is 0.600. The summed E-state index contributed by atoms with van der Waals surface area (Å²) in [6, 6.07) is 5.57. The van der Waals surface area contributed by atoms with Gasteiger partial charge in [-0.05, 0) is 36.6 Å². The van der Waals surface area contributed by atoms with E-state index in [0.29, 0.717) is 6.04 Å². The molecular weight excluding hydrogens is 309 g/mol. The van der Waals surface area contributed by atoms with Gasteiger partial charge in [-0.25, -0.2) is 4.39 Å². The van der Waals surface area contributed by atoms with Crippen LogP contribution in [-0.4, -0.2) is 25.8 Å². The summed E-state index contributed by atoms with van der Waals surface area (Å²) in [7, 11) is 0. The van der Waals surface area contributed by atoms with Crippen molar-refractivity contribution in [1.29, 1.82) is 0 Å². The lowest BCUT2D eigenvalue weighted by Crippen LogP contribution is -2.39. The Morgan fingerprint density at radius 3 is 2.79 bits per heavy atom. The largest absolute Gasteiger partial charge is 0.381 e. The smallest absolute Gasteiger partial charge is 0.124 e. The Morgan fingerprint density at radius 2 is 2.21 bits per heavy atom. The first kappa shape index (κ1) is 14.9. The van der Waals surface area contributed by atoms with E-state index in [2.05, 4.69) is 35.1 Å². The Kier molecular flexibility index (Phi) is 4.98. The van der Waals surface area contributed by atoms with Gasteiger partial charge < -0.3 is 10.1 Å². The highest BCUT2D eigenvalue weighted by Crippen LogP contribution is 2.33. The number of hydrogen-bond acceptors (Lipinski definition) is 2. The van der Waals surface area contributed by atoms with Crippen molar-refractivity contribution in [3.63, 3.8) is 0 Å². The Hall–Kier alpha value is -0.450. The maximum Gasteiger partial charge on any atom is 0.124 e. The number of hydrogen-bond donors (Lipinski definition) is 1. The molecule has 4 heteroatoms. The van der Waals surface area contributed by atoms with E-state index in [1.165, 1.54) is 6.07 Å². The van der Waals surface area contributed by atoms with Gasteiger partial charge in [0.1, 0.15) is 5.82 Å². The van der Waals surface area contributed by atoms with Crippen molar-refractivity contribution in [1.82, 2.24) is 5.32 Å². The first-order chi connectivity index (χ1) is 8.99. The molecule has 0 aromatic heterocycles. The molecule has 1 saturated heterocycles. The van der Waals surface area contributed by atoms with Gasteiger partial charge in [0.15, 0.2) is 0 Å². The van der Waals surface area contributed by atoms with Crippen molar-refractivity contribution in [3.8, 4) is 0 Å². The molecule has 19 heavy (non-hydrogen) atoms. The van der Waals surface area contributed by atoms with Crippen LogP contribution >= 0.6 is 15.9 Å². The molecule has 0 aliphatic carbocycles. The SMILES string of the molecule is CC(C)NCC1(Cc2cc(F)cc(Br)c2)CCOC1. The Labute approximate surface area is 122 Å². The van der Waals surface area contributed by atoms with Crippen LogP contribution in [0.4, 0.5) is 4.39 Å². The lowest BCUT2D eigenvalue weighted by atomic mass is 9.80. The molecule has 1 aromatic rings. The van der Waals surface area contributed by atoms with E-state index in [1.54, 1.807) is 6.07 Å². The summed E-state index contributed by atoms with van der Waals surface area (Å²) in [4.78, 5) is 0. The normalized spacial score (nSPS) is 23.2. The van der Waals surface area contributed by atoms with E-state index in [9.17, 15) is 4.39 Å². The average molecular weight is 330 g/mol. The zero-order valence-electron chi connectivity index (χ0n) is 11.5. The molecule has 0 saturated carbocycles. The van der Waals surface area contributed by atoms with Crippen LogP contribution < -0.4 is 5.32 Å². The predicted octanol–water partition coefficient (Wildman–Crippen LogP) is 3.54. The van der Waals surface area contributed by atoms with Gasteiger partial charge in [-0.1, -0.05) is 29.8 Å². The molecular formula is C15H21BrFNO. The Bertz CT molecular complexity index is 410. The lowest BCUT2D eigenvalue weighted by molar-refractivity contribution is 0.148. The van der Waals surface area contributed by atoms with E-state index in [1.807, 2.05) is 6.07 Å². The van der Waals surface area contributed by atoms with Gasteiger partial charge in [0, 0.05) is 29.1 Å².